The number of hydrogen-bond acceptors (Lipinski definition) is 6. The molecule has 1 aliphatic heterocycles. The van der Waals surface area contributed by atoms with Gasteiger partial charge in [-0.05, 0) is 30.4 Å². The van der Waals surface area contributed by atoms with Crippen LogP contribution in [0.4, 0.5) is 11.6 Å². The predicted octanol–water partition coefficient (Wildman–Crippen LogP) is 1.83. The fourth-order valence-corrected chi connectivity index (χ4v) is 2.71. The van der Waals surface area contributed by atoms with Gasteiger partial charge in [0, 0.05) is 41.9 Å². The van der Waals surface area contributed by atoms with Crippen LogP contribution in [0.1, 0.15) is 0 Å². The maximum absolute atomic E-state index is 5.83. The zero-order valence-corrected chi connectivity index (χ0v) is 12.8. The Morgan fingerprint density at radius 2 is 1.95 bits per heavy atom. The number of benzene rings is 1. The molecule has 1 saturated heterocycles. The summed E-state index contributed by atoms with van der Waals surface area (Å²) in [6, 6.07) is 5.57. The molecule has 0 unspecified atom stereocenters. The van der Waals surface area contributed by atoms with Crippen molar-refractivity contribution in [3.8, 4) is 11.5 Å². The summed E-state index contributed by atoms with van der Waals surface area (Å²) < 4.78 is 6.24. The lowest BCUT2D eigenvalue weighted by atomic mass is 10.2. The molecule has 3 rings (SSSR count). The molecule has 2 aromatic rings. The Morgan fingerprint density at radius 1 is 1.20 bits per heavy atom. The van der Waals surface area contributed by atoms with Gasteiger partial charge in [0.05, 0.1) is 0 Å². The van der Waals surface area contributed by atoms with E-state index in [1.807, 2.05) is 18.2 Å². The molecule has 1 fully saturated rings. The average Bonchev–Trinajstić information content (AvgIpc) is 2.88. The van der Waals surface area contributed by atoms with Gasteiger partial charge in [-0.1, -0.05) is 15.9 Å². The second-order valence-electron chi connectivity index (χ2n) is 4.96. The van der Waals surface area contributed by atoms with Crippen LogP contribution in [0.3, 0.4) is 0 Å². The van der Waals surface area contributed by atoms with Crippen LogP contribution >= 0.6 is 15.9 Å². The van der Waals surface area contributed by atoms with Crippen molar-refractivity contribution in [2.75, 3.05) is 43.9 Å². The summed E-state index contributed by atoms with van der Waals surface area (Å²) in [5.41, 5.74) is 7.31. The number of nitrogens with zero attached hydrogens (tertiary/aromatic N) is 4. The normalized spacial score (nSPS) is 16.6. The zero-order valence-electron chi connectivity index (χ0n) is 11.2. The fraction of sp³-hybridized carbons (Fsp3) is 0.385. The van der Waals surface area contributed by atoms with Crippen molar-refractivity contribution in [2.45, 2.75) is 0 Å². The van der Waals surface area contributed by atoms with Crippen LogP contribution < -0.4 is 10.6 Å². The number of hydrogen-bond donors (Lipinski definition) is 1. The summed E-state index contributed by atoms with van der Waals surface area (Å²) in [7, 11) is 2.11. The van der Waals surface area contributed by atoms with E-state index in [1.165, 1.54) is 0 Å². The van der Waals surface area contributed by atoms with Crippen molar-refractivity contribution in [1.29, 1.82) is 0 Å². The molecule has 20 heavy (non-hydrogen) atoms. The van der Waals surface area contributed by atoms with Crippen molar-refractivity contribution >= 4 is 27.6 Å². The Hall–Kier alpha value is -1.60. The van der Waals surface area contributed by atoms with Crippen LogP contribution in [0.5, 0.6) is 0 Å². The second-order valence-corrected chi connectivity index (χ2v) is 5.88. The Kier molecular flexibility index (Phi) is 3.62. The Bertz CT molecular complexity index is 586. The van der Waals surface area contributed by atoms with Crippen molar-refractivity contribution in [1.82, 2.24) is 15.0 Å². The summed E-state index contributed by atoms with van der Waals surface area (Å²) in [4.78, 5) is 8.88. The molecule has 0 aliphatic carbocycles. The largest absolute Gasteiger partial charge is 0.399 e. The minimum Gasteiger partial charge on any atom is -0.399 e. The molecular weight excluding hydrogens is 322 g/mol. The lowest BCUT2D eigenvalue weighted by Gasteiger charge is -2.31. The van der Waals surface area contributed by atoms with Gasteiger partial charge in [-0.15, -0.1) is 0 Å². The van der Waals surface area contributed by atoms with Crippen LogP contribution in [-0.2, 0) is 0 Å². The monoisotopic (exact) mass is 337 g/mol. The SMILES string of the molecule is CN1CCN(c2noc(-c3cc(N)cc(Br)c3)n2)CC1. The first-order valence-electron chi connectivity index (χ1n) is 6.45. The number of nitrogens with two attached hydrogens (primary N) is 1. The van der Waals surface area contributed by atoms with E-state index in [4.69, 9.17) is 10.3 Å². The van der Waals surface area contributed by atoms with Crippen LogP contribution in [0.25, 0.3) is 11.5 Å². The number of rotatable bonds is 2. The highest BCUT2D eigenvalue weighted by Crippen LogP contribution is 2.26. The lowest BCUT2D eigenvalue weighted by Crippen LogP contribution is -2.44. The second kappa shape index (κ2) is 5.41. The van der Waals surface area contributed by atoms with Crippen molar-refractivity contribution in [2.24, 2.45) is 0 Å². The average molecular weight is 338 g/mol. The number of nitrogen functional groups attached to an aromatic ring is 1. The first-order valence-corrected chi connectivity index (χ1v) is 7.25. The van der Waals surface area contributed by atoms with Gasteiger partial charge in [0.2, 0.25) is 0 Å². The van der Waals surface area contributed by atoms with Crippen molar-refractivity contribution in [3.63, 3.8) is 0 Å². The molecule has 1 aromatic carbocycles. The van der Waals surface area contributed by atoms with Gasteiger partial charge in [0.15, 0.2) is 0 Å². The maximum Gasteiger partial charge on any atom is 0.266 e. The molecule has 1 aliphatic rings. The van der Waals surface area contributed by atoms with Crippen LogP contribution in [-0.4, -0.2) is 48.3 Å². The quantitative estimate of drug-likeness (QED) is 0.843. The van der Waals surface area contributed by atoms with Gasteiger partial charge in [-0.3, -0.25) is 0 Å². The molecule has 0 spiro atoms. The third kappa shape index (κ3) is 2.78. The fourth-order valence-electron chi connectivity index (χ4n) is 2.20. The Balaban J connectivity index is 1.83. The molecule has 106 valence electrons. The summed E-state index contributed by atoms with van der Waals surface area (Å²) in [5.74, 6) is 1.14. The summed E-state index contributed by atoms with van der Waals surface area (Å²) >= 11 is 3.41. The highest BCUT2D eigenvalue weighted by atomic mass is 79.9. The van der Waals surface area contributed by atoms with E-state index in [0.29, 0.717) is 17.5 Å². The molecular formula is C13H16BrN5O. The van der Waals surface area contributed by atoms with Crippen LogP contribution in [0.2, 0.25) is 0 Å². The smallest absolute Gasteiger partial charge is 0.266 e. The van der Waals surface area contributed by atoms with Crippen LogP contribution in [0.15, 0.2) is 27.2 Å². The highest BCUT2D eigenvalue weighted by Gasteiger charge is 2.19. The number of halogens is 1. The summed E-state index contributed by atoms with van der Waals surface area (Å²) in [6.07, 6.45) is 0. The molecule has 1 aromatic heterocycles. The van der Waals surface area contributed by atoms with E-state index in [9.17, 15) is 0 Å². The summed E-state index contributed by atoms with van der Waals surface area (Å²) in [6.45, 7) is 3.84. The van der Waals surface area contributed by atoms with E-state index in [2.05, 4.69) is 42.9 Å². The van der Waals surface area contributed by atoms with E-state index >= 15 is 0 Å². The van der Waals surface area contributed by atoms with Gasteiger partial charge in [-0.25, -0.2) is 0 Å². The third-order valence-electron chi connectivity index (χ3n) is 3.37. The molecule has 2 heterocycles. The molecule has 2 N–H and O–H groups in total. The van der Waals surface area contributed by atoms with Crippen molar-refractivity contribution in [3.05, 3.63) is 22.7 Å². The molecule has 0 amide bonds. The first-order chi connectivity index (χ1) is 9.61. The first kappa shape index (κ1) is 13.4. The number of likely N-dealkylation sites (N-methyl/N-ethyl adjacent to an activating group) is 1. The minimum absolute atomic E-state index is 0.493. The van der Waals surface area contributed by atoms with Gasteiger partial charge >= 0.3 is 0 Å². The van der Waals surface area contributed by atoms with E-state index < -0.39 is 0 Å². The molecule has 0 radical (unpaired) electrons. The van der Waals surface area contributed by atoms with Gasteiger partial charge in [0.25, 0.3) is 11.8 Å². The molecule has 0 atom stereocenters. The Labute approximate surface area is 125 Å². The van der Waals surface area contributed by atoms with E-state index in [0.717, 1.165) is 36.2 Å². The predicted molar refractivity (Wildman–Crippen MR) is 81.6 cm³/mol. The molecule has 0 bridgehead atoms. The molecule has 0 saturated carbocycles. The molecule has 7 heteroatoms. The minimum atomic E-state index is 0.493. The highest BCUT2D eigenvalue weighted by molar-refractivity contribution is 9.10. The van der Waals surface area contributed by atoms with Crippen molar-refractivity contribution < 1.29 is 4.52 Å². The summed E-state index contributed by atoms with van der Waals surface area (Å²) in [5, 5.41) is 4.07. The van der Waals surface area contributed by atoms with Gasteiger partial charge < -0.3 is 20.1 Å². The van der Waals surface area contributed by atoms with E-state index in [1.54, 1.807) is 0 Å². The number of aromatic nitrogens is 2. The Morgan fingerprint density at radius 3 is 2.65 bits per heavy atom. The van der Waals surface area contributed by atoms with Gasteiger partial charge in [0.1, 0.15) is 0 Å². The van der Waals surface area contributed by atoms with E-state index in [-0.39, 0.29) is 0 Å². The number of piperazine rings is 1. The maximum atomic E-state index is 5.83. The topological polar surface area (TPSA) is 71.4 Å². The number of anilines is 2. The van der Waals surface area contributed by atoms with Gasteiger partial charge in [-0.2, -0.15) is 4.98 Å². The third-order valence-corrected chi connectivity index (χ3v) is 3.83. The standard InChI is InChI=1S/C13H16BrN5O/c1-18-2-4-19(5-3-18)13-16-12(20-17-13)9-6-10(14)8-11(15)7-9/h6-8H,2-5,15H2,1H3. The lowest BCUT2D eigenvalue weighted by molar-refractivity contribution is 0.309. The zero-order chi connectivity index (χ0) is 14.1. The molecule has 6 nitrogen and oxygen atoms in total. The van der Waals surface area contributed by atoms with Crippen LogP contribution in [0, 0.1) is 0 Å².